The molecule has 0 atom stereocenters. The molecule has 0 bridgehead atoms. The Kier molecular flexibility index (Phi) is 13.9. The summed E-state index contributed by atoms with van der Waals surface area (Å²) in [7, 11) is 0. The van der Waals surface area contributed by atoms with Gasteiger partial charge in [0.1, 0.15) is 11.2 Å². The topological polar surface area (TPSA) is 98.6 Å². The van der Waals surface area contributed by atoms with Crippen LogP contribution in [0.3, 0.4) is 0 Å². The lowest BCUT2D eigenvalue weighted by Gasteiger charge is -2.12. The van der Waals surface area contributed by atoms with Gasteiger partial charge in [-0.1, -0.05) is 267 Å². The van der Waals surface area contributed by atoms with E-state index in [2.05, 4.69) is 305 Å². The fraction of sp³-hybridized carbons (Fsp3) is 0. The highest BCUT2D eigenvalue weighted by Gasteiger charge is 2.27. The molecule has 0 unspecified atom stereocenters. The summed E-state index contributed by atoms with van der Waals surface area (Å²) in [5, 5.41) is 24.1. The predicted octanol–water partition coefficient (Wildman–Crippen LogP) is 27.8. The zero-order valence-electron chi connectivity index (χ0n) is 56.9. The van der Waals surface area contributed by atoms with E-state index in [9.17, 15) is 0 Å². The van der Waals surface area contributed by atoms with Gasteiger partial charge in [-0.15, -0.1) is 22.7 Å². The van der Waals surface area contributed by atoms with Crippen LogP contribution in [0.15, 0.2) is 336 Å². The second-order valence-corrected chi connectivity index (χ2v) is 29.7. The first-order valence-corrected chi connectivity index (χ1v) is 37.7. The molecule has 0 amide bonds. The van der Waals surface area contributed by atoms with Gasteiger partial charge in [0.15, 0.2) is 0 Å². The molecule has 24 aromatic rings. The standard InChI is InChI=1S/C48H27N3OS.C26H15ClN2O.C22H13NS/c1-2-12-28(13-3-1)29-22-23-31-27-32(25-24-30(31)26-29)44-43-36-17-7-10-20-39(36)52-47(43)50-48(49-44)51-38-19-9-6-16-35(38)41-33-14-4-5-15-34(33)42-37-18-8-11-21-40(37)53-46(42)45(41)51;27-26-28-24(23-21-8-4-5-9-22(21)30-25(23)29-26)20-13-12-18-14-17(10-11-19(18)15-20)16-6-2-1-3-7-16;1-2-8-14-13(7-1)19-15-9-3-5-11-17(15)23-21(19)22-20(14)16-10-4-6-12-18(16)24-22/h1-27H;1-15H;1-12,23H. The Morgan fingerprint density at radius 3 is 1.28 bits per heavy atom. The molecule has 1 N–H and O–H groups in total. The summed E-state index contributed by atoms with van der Waals surface area (Å²) in [5.74, 6) is 0.589. The van der Waals surface area contributed by atoms with Gasteiger partial charge in [0.25, 0.3) is 0 Å². The van der Waals surface area contributed by atoms with Gasteiger partial charge in [-0.05, 0) is 138 Å². The van der Waals surface area contributed by atoms with E-state index in [1.165, 1.54) is 127 Å². The Morgan fingerprint density at radius 1 is 0.299 bits per heavy atom. The quantitative estimate of drug-likeness (QED) is 0.172. The van der Waals surface area contributed by atoms with Crippen LogP contribution < -0.4 is 0 Å². The van der Waals surface area contributed by atoms with E-state index in [-0.39, 0.29) is 5.28 Å². The molecule has 8 nitrogen and oxygen atoms in total. The number of hydrogen-bond donors (Lipinski definition) is 1. The lowest BCUT2D eigenvalue weighted by molar-refractivity contribution is 0.651. The number of aromatic amines is 1. The number of nitrogens with one attached hydrogen (secondary N) is 1. The zero-order valence-corrected chi connectivity index (χ0v) is 59.3. The third-order valence-electron chi connectivity index (χ3n) is 21.2. The van der Waals surface area contributed by atoms with Crippen molar-refractivity contribution in [1.82, 2.24) is 29.5 Å². The normalized spacial score (nSPS) is 12.0. The summed E-state index contributed by atoms with van der Waals surface area (Å²) in [6, 6.07) is 116. The third-order valence-corrected chi connectivity index (χ3v) is 23.8. The van der Waals surface area contributed by atoms with E-state index in [0.717, 1.165) is 77.0 Å². The largest absolute Gasteiger partial charge is 0.438 e. The molecule has 0 saturated carbocycles. The first-order valence-electron chi connectivity index (χ1n) is 35.7. The Balaban J connectivity index is 0.000000111. The minimum atomic E-state index is 0.177. The molecule has 8 heterocycles. The van der Waals surface area contributed by atoms with E-state index in [1.54, 1.807) is 0 Å². The summed E-state index contributed by atoms with van der Waals surface area (Å²) in [6.07, 6.45) is 0. The Bertz CT molecular complexity index is 7690. The lowest BCUT2D eigenvalue weighted by atomic mass is 9.98. The molecule has 16 aromatic carbocycles. The lowest BCUT2D eigenvalue weighted by Crippen LogP contribution is -2.03. The van der Waals surface area contributed by atoms with Crippen LogP contribution in [0.2, 0.25) is 5.28 Å². The van der Waals surface area contributed by atoms with Gasteiger partial charge in [0, 0.05) is 79.9 Å². The number of para-hydroxylation sites is 4. The molecule has 107 heavy (non-hydrogen) atoms. The Morgan fingerprint density at radius 2 is 0.710 bits per heavy atom. The van der Waals surface area contributed by atoms with E-state index >= 15 is 0 Å². The number of H-pyrrole nitrogens is 1. The smallest absolute Gasteiger partial charge is 0.238 e. The number of rotatable bonds is 5. The molecule has 0 fully saturated rings. The number of hydrogen-bond acceptors (Lipinski definition) is 8. The molecule has 0 spiro atoms. The molecule has 0 aliphatic carbocycles. The maximum absolute atomic E-state index is 6.57. The third kappa shape index (κ3) is 9.81. The van der Waals surface area contributed by atoms with Gasteiger partial charge in [-0.3, -0.25) is 4.57 Å². The van der Waals surface area contributed by atoms with Crippen LogP contribution in [0.25, 0.3) is 222 Å². The fourth-order valence-corrected chi connectivity index (χ4v) is 19.1. The van der Waals surface area contributed by atoms with Gasteiger partial charge < -0.3 is 13.8 Å². The first-order chi connectivity index (χ1) is 53.0. The second kappa shape index (κ2) is 24.4. The van der Waals surface area contributed by atoms with E-state index in [0.29, 0.717) is 17.4 Å². The van der Waals surface area contributed by atoms with Crippen molar-refractivity contribution in [3.63, 3.8) is 0 Å². The minimum Gasteiger partial charge on any atom is -0.438 e. The van der Waals surface area contributed by atoms with Crippen LogP contribution in [-0.4, -0.2) is 29.5 Å². The van der Waals surface area contributed by atoms with Crippen LogP contribution >= 0.6 is 34.3 Å². The van der Waals surface area contributed by atoms with Crippen LogP contribution in [0.5, 0.6) is 0 Å². The summed E-state index contributed by atoms with van der Waals surface area (Å²) < 4.78 is 20.0. The number of nitrogens with zero attached hydrogens (tertiary/aromatic N) is 5. The van der Waals surface area contributed by atoms with Crippen molar-refractivity contribution >= 4 is 205 Å². The highest BCUT2D eigenvalue weighted by atomic mass is 35.5. The number of fused-ring (bicyclic) bond motifs is 28. The highest BCUT2D eigenvalue weighted by molar-refractivity contribution is 7.27. The van der Waals surface area contributed by atoms with Gasteiger partial charge in [-0.2, -0.15) is 9.97 Å². The SMILES string of the molecule is Clc1nc(-c2ccc3cc(-c4ccccc4)ccc3c2)c2c(n1)oc1ccccc12.c1ccc(-c2ccc3cc(-c4nc(-n5c6ccccc6c6c7ccccc7c7c8ccccc8sc7c65)nc5oc6ccccc6c45)ccc3c2)cc1.c1ccc2c(c1)[nH]c1c3sc4ccccc4c3c3ccccc3c21. The molecular weight excluding hydrogens is 1370 g/mol. The van der Waals surface area contributed by atoms with Crippen LogP contribution in [0.1, 0.15) is 0 Å². The summed E-state index contributed by atoms with van der Waals surface area (Å²) in [4.78, 5) is 23.4. The number of halogens is 1. The van der Waals surface area contributed by atoms with Crippen LogP contribution in [0.4, 0.5) is 0 Å². The summed E-state index contributed by atoms with van der Waals surface area (Å²) in [6.45, 7) is 0. The molecule has 0 aliphatic heterocycles. The molecule has 8 aromatic heterocycles. The number of thiophene rings is 2. The van der Waals surface area contributed by atoms with Crippen molar-refractivity contribution in [3.05, 3.63) is 333 Å². The van der Waals surface area contributed by atoms with Crippen molar-refractivity contribution in [2.45, 2.75) is 0 Å². The van der Waals surface area contributed by atoms with Crippen molar-refractivity contribution in [2.24, 2.45) is 0 Å². The van der Waals surface area contributed by atoms with Crippen molar-refractivity contribution in [2.75, 3.05) is 0 Å². The average molecular weight is 1420 g/mol. The predicted molar refractivity (Wildman–Crippen MR) is 451 cm³/mol. The minimum absolute atomic E-state index is 0.177. The summed E-state index contributed by atoms with van der Waals surface area (Å²) in [5.41, 5.74) is 15.8. The average Bonchev–Trinajstić information content (AvgIpc) is 1.49. The molecule has 24 rings (SSSR count). The van der Waals surface area contributed by atoms with E-state index < -0.39 is 0 Å². The van der Waals surface area contributed by atoms with Gasteiger partial charge in [-0.25, -0.2) is 9.97 Å². The Hall–Kier alpha value is -13.4. The fourth-order valence-electron chi connectivity index (χ4n) is 16.5. The maximum Gasteiger partial charge on any atom is 0.238 e. The van der Waals surface area contributed by atoms with Gasteiger partial charge >= 0.3 is 0 Å². The number of aromatic nitrogens is 6. The van der Waals surface area contributed by atoms with E-state index in [4.69, 9.17) is 30.4 Å². The molecule has 0 aliphatic rings. The Labute approximate surface area is 622 Å². The van der Waals surface area contributed by atoms with Crippen molar-refractivity contribution in [1.29, 1.82) is 0 Å². The van der Waals surface area contributed by atoms with Crippen LogP contribution in [-0.2, 0) is 0 Å². The van der Waals surface area contributed by atoms with E-state index in [1.807, 2.05) is 65.1 Å². The molecular formula is C96H55ClN6O2S2. The van der Waals surface area contributed by atoms with Crippen molar-refractivity contribution < 1.29 is 8.83 Å². The molecule has 11 heteroatoms. The van der Waals surface area contributed by atoms with Crippen LogP contribution in [0, 0.1) is 0 Å². The monoisotopic (exact) mass is 1420 g/mol. The highest BCUT2D eigenvalue weighted by Crippen LogP contribution is 2.50. The van der Waals surface area contributed by atoms with Crippen molar-refractivity contribution in [3.8, 4) is 50.7 Å². The van der Waals surface area contributed by atoms with Gasteiger partial charge in [0.05, 0.1) is 48.1 Å². The first kappa shape index (κ1) is 61.2. The summed E-state index contributed by atoms with van der Waals surface area (Å²) >= 11 is 9.96. The number of furan rings is 2. The van der Waals surface area contributed by atoms with Gasteiger partial charge in [0.2, 0.25) is 22.7 Å². The zero-order chi connectivity index (χ0) is 70.4. The molecule has 500 valence electrons. The molecule has 0 saturated heterocycles. The second-order valence-electron chi connectivity index (χ2n) is 27.2. The number of benzene rings is 16. The maximum atomic E-state index is 6.57. The molecule has 0 radical (unpaired) electrons.